The first-order valence-electron chi connectivity index (χ1n) is 9.06. The second kappa shape index (κ2) is 8.20. The van der Waals surface area contributed by atoms with Gasteiger partial charge in [0.05, 0.1) is 22.8 Å². The standard InChI is InChI=1S/C19H21FN6O2/c1-4-5-12-6-7-13-17(23-12)16(11(2)3)25-26(19(13)28)9-15(27)24-18-14(20)8-21-10-22-18/h6-8,10-11H,4-5,9H2,1-3H3,(H,21,22,24,27). The predicted octanol–water partition coefficient (Wildman–Crippen LogP) is 2.44. The van der Waals surface area contributed by atoms with E-state index in [0.29, 0.717) is 16.6 Å². The number of nitrogens with zero attached hydrogens (tertiary/aromatic N) is 5. The molecule has 0 unspecified atom stereocenters. The zero-order valence-electron chi connectivity index (χ0n) is 15.9. The van der Waals surface area contributed by atoms with Crippen LogP contribution >= 0.6 is 0 Å². The largest absolute Gasteiger partial charge is 0.307 e. The lowest BCUT2D eigenvalue weighted by molar-refractivity contribution is -0.117. The second-order valence-electron chi connectivity index (χ2n) is 6.72. The van der Waals surface area contributed by atoms with Crippen LogP contribution in [-0.2, 0) is 17.8 Å². The van der Waals surface area contributed by atoms with Crippen molar-refractivity contribution in [3.8, 4) is 0 Å². The van der Waals surface area contributed by atoms with Crippen molar-refractivity contribution >= 4 is 22.6 Å². The van der Waals surface area contributed by atoms with Gasteiger partial charge >= 0.3 is 0 Å². The van der Waals surface area contributed by atoms with E-state index in [-0.39, 0.29) is 18.3 Å². The summed E-state index contributed by atoms with van der Waals surface area (Å²) in [5.74, 6) is -1.62. The van der Waals surface area contributed by atoms with E-state index in [9.17, 15) is 14.0 Å². The van der Waals surface area contributed by atoms with Crippen LogP contribution < -0.4 is 10.9 Å². The van der Waals surface area contributed by atoms with E-state index in [4.69, 9.17) is 0 Å². The van der Waals surface area contributed by atoms with Crippen LogP contribution in [-0.4, -0.2) is 30.6 Å². The summed E-state index contributed by atoms with van der Waals surface area (Å²) in [7, 11) is 0. The van der Waals surface area contributed by atoms with Crippen LogP contribution in [0.2, 0.25) is 0 Å². The molecule has 8 nitrogen and oxygen atoms in total. The van der Waals surface area contributed by atoms with E-state index >= 15 is 0 Å². The zero-order chi connectivity index (χ0) is 20.3. The van der Waals surface area contributed by atoms with Crippen molar-refractivity contribution in [3.63, 3.8) is 0 Å². The molecule has 28 heavy (non-hydrogen) atoms. The van der Waals surface area contributed by atoms with Crippen LogP contribution in [0.4, 0.5) is 10.2 Å². The van der Waals surface area contributed by atoms with Crippen LogP contribution in [0.15, 0.2) is 29.5 Å². The Kier molecular flexibility index (Phi) is 5.72. The lowest BCUT2D eigenvalue weighted by Crippen LogP contribution is -2.31. The Bertz CT molecular complexity index is 1080. The summed E-state index contributed by atoms with van der Waals surface area (Å²) in [6.45, 7) is 5.58. The molecule has 0 aromatic carbocycles. The summed E-state index contributed by atoms with van der Waals surface area (Å²) in [6.07, 6.45) is 3.82. The number of carbonyl (C=O) groups excluding carboxylic acids is 1. The Labute approximate surface area is 160 Å². The second-order valence-corrected chi connectivity index (χ2v) is 6.72. The number of fused-ring (bicyclic) bond motifs is 1. The first-order valence-corrected chi connectivity index (χ1v) is 9.06. The van der Waals surface area contributed by atoms with Gasteiger partial charge in [-0.3, -0.25) is 14.6 Å². The number of aryl methyl sites for hydroxylation is 1. The average molecular weight is 384 g/mol. The molecule has 3 aromatic heterocycles. The minimum Gasteiger partial charge on any atom is -0.307 e. The summed E-state index contributed by atoms with van der Waals surface area (Å²) in [4.78, 5) is 36.9. The van der Waals surface area contributed by atoms with E-state index in [1.54, 1.807) is 6.07 Å². The minimum atomic E-state index is -0.759. The molecule has 9 heteroatoms. The molecular formula is C19H21FN6O2. The SMILES string of the molecule is CCCc1ccc2c(=O)n(CC(=O)Nc3ncncc3F)nc(C(C)C)c2n1. The van der Waals surface area contributed by atoms with Gasteiger partial charge in [0.15, 0.2) is 11.6 Å². The zero-order valence-corrected chi connectivity index (χ0v) is 15.9. The van der Waals surface area contributed by atoms with Crippen molar-refractivity contribution in [1.29, 1.82) is 0 Å². The van der Waals surface area contributed by atoms with Crippen molar-refractivity contribution in [2.45, 2.75) is 46.1 Å². The molecule has 0 bridgehead atoms. The molecule has 3 rings (SSSR count). The number of anilines is 1. The third kappa shape index (κ3) is 4.03. The van der Waals surface area contributed by atoms with Crippen molar-refractivity contribution in [2.24, 2.45) is 0 Å². The first-order chi connectivity index (χ1) is 13.4. The number of rotatable bonds is 6. The highest BCUT2D eigenvalue weighted by molar-refractivity contribution is 5.89. The molecule has 0 radical (unpaired) electrons. The Balaban J connectivity index is 1.98. The van der Waals surface area contributed by atoms with E-state index in [0.717, 1.165) is 35.7 Å². The van der Waals surface area contributed by atoms with Gasteiger partial charge in [-0.15, -0.1) is 0 Å². The smallest absolute Gasteiger partial charge is 0.276 e. The molecule has 3 aromatic rings. The molecule has 0 atom stereocenters. The van der Waals surface area contributed by atoms with Crippen LogP contribution in [0.3, 0.4) is 0 Å². The molecular weight excluding hydrogens is 363 g/mol. The highest BCUT2D eigenvalue weighted by atomic mass is 19.1. The molecule has 0 spiro atoms. The van der Waals surface area contributed by atoms with Crippen LogP contribution in [0.25, 0.3) is 10.9 Å². The third-order valence-corrected chi connectivity index (χ3v) is 4.16. The van der Waals surface area contributed by atoms with Gasteiger partial charge in [0, 0.05) is 5.69 Å². The number of hydrogen-bond acceptors (Lipinski definition) is 6. The molecule has 0 aliphatic heterocycles. The number of halogens is 1. The molecule has 0 aliphatic rings. The molecule has 0 saturated heterocycles. The van der Waals surface area contributed by atoms with Crippen molar-refractivity contribution in [2.75, 3.05) is 5.32 Å². The number of carbonyl (C=O) groups is 1. The average Bonchev–Trinajstić information content (AvgIpc) is 2.66. The number of nitrogens with one attached hydrogen (secondary N) is 1. The van der Waals surface area contributed by atoms with Crippen LogP contribution in [0.1, 0.15) is 44.5 Å². The lowest BCUT2D eigenvalue weighted by atomic mass is 10.1. The molecule has 146 valence electrons. The molecule has 1 N–H and O–H groups in total. The topological polar surface area (TPSA) is 103 Å². The normalized spacial score (nSPS) is 11.2. The van der Waals surface area contributed by atoms with Crippen LogP contribution in [0, 0.1) is 5.82 Å². The summed E-state index contributed by atoms with van der Waals surface area (Å²) in [5, 5.41) is 7.09. The first kappa shape index (κ1) is 19.5. The van der Waals surface area contributed by atoms with Gasteiger partial charge in [-0.1, -0.05) is 27.2 Å². The maximum atomic E-state index is 13.6. The molecule has 1 amide bonds. The number of hydrogen-bond donors (Lipinski definition) is 1. The van der Waals surface area contributed by atoms with Gasteiger partial charge in [0.2, 0.25) is 5.91 Å². The van der Waals surface area contributed by atoms with Gasteiger partial charge in [-0.25, -0.2) is 19.0 Å². The monoisotopic (exact) mass is 384 g/mol. The maximum absolute atomic E-state index is 13.6. The Morgan fingerprint density at radius 1 is 1.32 bits per heavy atom. The summed E-state index contributed by atoms with van der Waals surface area (Å²) < 4.78 is 14.7. The fourth-order valence-electron chi connectivity index (χ4n) is 2.83. The quantitative estimate of drug-likeness (QED) is 0.700. The number of amides is 1. The van der Waals surface area contributed by atoms with Crippen molar-refractivity contribution in [3.05, 3.63) is 52.2 Å². The van der Waals surface area contributed by atoms with Gasteiger partial charge < -0.3 is 5.32 Å². The van der Waals surface area contributed by atoms with E-state index in [2.05, 4.69) is 32.3 Å². The lowest BCUT2D eigenvalue weighted by Gasteiger charge is -2.13. The fraction of sp³-hybridized carbons (Fsp3) is 0.368. The van der Waals surface area contributed by atoms with Crippen molar-refractivity contribution < 1.29 is 9.18 Å². The Hall–Kier alpha value is -3.23. The Morgan fingerprint density at radius 3 is 2.79 bits per heavy atom. The minimum absolute atomic E-state index is 0.00102. The molecule has 0 aliphatic carbocycles. The summed E-state index contributed by atoms with van der Waals surface area (Å²) in [5.41, 5.74) is 1.67. The third-order valence-electron chi connectivity index (χ3n) is 4.16. The highest BCUT2D eigenvalue weighted by Gasteiger charge is 2.17. The molecule has 0 saturated carbocycles. The van der Waals surface area contributed by atoms with Gasteiger partial charge in [0.1, 0.15) is 12.9 Å². The predicted molar refractivity (Wildman–Crippen MR) is 103 cm³/mol. The van der Waals surface area contributed by atoms with Gasteiger partial charge in [0.25, 0.3) is 5.56 Å². The van der Waals surface area contributed by atoms with E-state index in [1.807, 2.05) is 19.9 Å². The highest BCUT2D eigenvalue weighted by Crippen LogP contribution is 2.20. The van der Waals surface area contributed by atoms with E-state index < -0.39 is 17.3 Å². The number of pyridine rings is 1. The molecule has 3 heterocycles. The number of aromatic nitrogens is 5. The maximum Gasteiger partial charge on any atom is 0.276 e. The van der Waals surface area contributed by atoms with Crippen LogP contribution in [0.5, 0.6) is 0 Å². The Morgan fingerprint density at radius 2 is 2.11 bits per heavy atom. The van der Waals surface area contributed by atoms with Crippen molar-refractivity contribution in [1.82, 2.24) is 24.7 Å². The van der Waals surface area contributed by atoms with Gasteiger partial charge in [-0.05, 0) is 24.5 Å². The fourth-order valence-corrected chi connectivity index (χ4v) is 2.83. The van der Waals surface area contributed by atoms with Gasteiger partial charge in [-0.2, -0.15) is 5.10 Å². The summed E-state index contributed by atoms with van der Waals surface area (Å²) >= 11 is 0. The summed E-state index contributed by atoms with van der Waals surface area (Å²) in [6, 6.07) is 3.54. The van der Waals surface area contributed by atoms with E-state index in [1.165, 1.54) is 0 Å². The molecule has 0 fully saturated rings.